The Bertz CT molecular complexity index is 682. The third-order valence-corrected chi connectivity index (χ3v) is 8.22. The van der Waals surface area contributed by atoms with Crippen LogP contribution < -0.4 is 0 Å². The number of ether oxygens (including phenoxy) is 1. The SMILES string of the molecule is C=CCCC1CCC(CCC2CCC(c3ccc(C4CO4)c(F)c3Cl)CC2)CC1. The Hall–Kier alpha value is -0.860. The molecular formula is C26H36ClFO. The van der Waals surface area contributed by atoms with Crippen molar-refractivity contribution in [3.63, 3.8) is 0 Å². The lowest BCUT2D eigenvalue weighted by Gasteiger charge is -2.32. The number of hydrogen-bond donors (Lipinski definition) is 0. The molecule has 3 fully saturated rings. The molecule has 29 heavy (non-hydrogen) atoms. The lowest BCUT2D eigenvalue weighted by molar-refractivity contribution is 0.225. The predicted molar refractivity (Wildman–Crippen MR) is 119 cm³/mol. The largest absolute Gasteiger partial charge is 0.368 e. The van der Waals surface area contributed by atoms with Crippen molar-refractivity contribution >= 4 is 11.6 Å². The molecule has 1 aromatic carbocycles. The molecule has 0 N–H and O–H groups in total. The highest BCUT2D eigenvalue weighted by Gasteiger charge is 2.31. The quantitative estimate of drug-likeness (QED) is 0.305. The highest BCUT2D eigenvalue weighted by molar-refractivity contribution is 6.31. The van der Waals surface area contributed by atoms with E-state index in [0.717, 1.165) is 36.2 Å². The van der Waals surface area contributed by atoms with Gasteiger partial charge in [0.1, 0.15) is 11.9 Å². The molecule has 0 aromatic heterocycles. The van der Waals surface area contributed by atoms with Crippen LogP contribution in [0.1, 0.15) is 100 Å². The van der Waals surface area contributed by atoms with E-state index in [1.54, 1.807) is 0 Å². The van der Waals surface area contributed by atoms with E-state index in [1.165, 1.54) is 64.2 Å². The maximum atomic E-state index is 14.6. The molecule has 0 spiro atoms. The van der Waals surface area contributed by atoms with E-state index in [0.29, 0.717) is 23.1 Å². The summed E-state index contributed by atoms with van der Waals surface area (Å²) in [6, 6.07) is 3.95. The third-order valence-electron chi connectivity index (χ3n) is 7.84. The van der Waals surface area contributed by atoms with Gasteiger partial charge in [-0.3, -0.25) is 0 Å². The number of allylic oxidation sites excluding steroid dienone is 1. The van der Waals surface area contributed by atoms with Crippen molar-refractivity contribution in [3.05, 3.63) is 46.8 Å². The van der Waals surface area contributed by atoms with Gasteiger partial charge in [-0.15, -0.1) is 6.58 Å². The second-order valence-corrected chi connectivity index (χ2v) is 10.1. The van der Waals surface area contributed by atoms with Gasteiger partial charge in [-0.25, -0.2) is 4.39 Å². The molecule has 0 bridgehead atoms. The number of rotatable bonds is 8. The maximum absolute atomic E-state index is 14.6. The van der Waals surface area contributed by atoms with E-state index in [1.807, 2.05) is 6.07 Å². The monoisotopic (exact) mass is 418 g/mol. The first-order valence-electron chi connectivity index (χ1n) is 11.9. The average molecular weight is 419 g/mol. The van der Waals surface area contributed by atoms with Gasteiger partial charge in [-0.1, -0.05) is 68.3 Å². The van der Waals surface area contributed by atoms with Crippen LogP contribution in [0.2, 0.25) is 5.02 Å². The van der Waals surface area contributed by atoms with Crippen LogP contribution in [0.5, 0.6) is 0 Å². The minimum absolute atomic E-state index is 0.0747. The van der Waals surface area contributed by atoms with Crippen molar-refractivity contribution < 1.29 is 9.13 Å². The molecule has 1 nitrogen and oxygen atoms in total. The molecule has 1 aromatic rings. The zero-order valence-electron chi connectivity index (χ0n) is 17.7. The standard InChI is InChI=1S/C26H36ClFO/c1-2-3-4-18-5-7-19(8-6-18)9-10-20-11-13-21(14-12-20)22-15-16-23(24-17-29-24)26(28)25(22)27/h2,15-16,18-21,24H,1,3-14,17H2. The number of epoxide rings is 1. The fourth-order valence-electron chi connectivity index (χ4n) is 5.77. The Morgan fingerprint density at radius 2 is 1.41 bits per heavy atom. The molecule has 4 rings (SSSR count). The summed E-state index contributed by atoms with van der Waals surface area (Å²) in [7, 11) is 0. The second kappa shape index (κ2) is 9.96. The summed E-state index contributed by atoms with van der Waals surface area (Å²) in [5.74, 6) is 2.92. The van der Waals surface area contributed by atoms with E-state index >= 15 is 0 Å². The van der Waals surface area contributed by atoms with Crippen molar-refractivity contribution in [2.24, 2.45) is 17.8 Å². The van der Waals surface area contributed by atoms with Gasteiger partial charge in [-0.2, -0.15) is 0 Å². The molecule has 0 radical (unpaired) electrons. The molecule has 3 heteroatoms. The molecule has 0 amide bonds. The summed E-state index contributed by atoms with van der Waals surface area (Å²) in [6.45, 7) is 4.48. The van der Waals surface area contributed by atoms with Gasteiger partial charge in [0.25, 0.3) is 0 Å². The van der Waals surface area contributed by atoms with E-state index < -0.39 is 0 Å². The summed E-state index contributed by atoms with van der Waals surface area (Å²) in [5.41, 5.74) is 1.65. The zero-order valence-corrected chi connectivity index (χ0v) is 18.4. The number of hydrogen-bond acceptors (Lipinski definition) is 1. The topological polar surface area (TPSA) is 12.5 Å². The molecule has 2 aliphatic carbocycles. The minimum atomic E-state index is -0.252. The van der Waals surface area contributed by atoms with Crippen LogP contribution in [-0.4, -0.2) is 6.61 Å². The first-order chi connectivity index (χ1) is 14.2. The minimum Gasteiger partial charge on any atom is -0.368 e. The summed E-state index contributed by atoms with van der Waals surface area (Å²) in [5, 5.41) is 0.342. The molecule has 160 valence electrons. The maximum Gasteiger partial charge on any atom is 0.147 e. The van der Waals surface area contributed by atoms with Gasteiger partial charge >= 0.3 is 0 Å². The number of benzene rings is 1. The fraction of sp³-hybridized carbons (Fsp3) is 0.692. The highest BCUT2D eigenvalue weighted by atomic mass is 35.5. The fourth-order valence-corrected chi connectivity index (χ4v) is 6.09. The molecule has 1 aliphatic heterocycles. The van der Waals surface area contributed by atoms with Crippen LogP contribution >= 0.6 is 11.6 Å². The Kier molecular flexibility index (Phi) is 7.34. The van der Waals surface area contributed by atoms with Crippen LogP contribution in [0.4, 0.5) is 4.39 Å². The molecular weight excluding hydrogens is 383 g/mol. The zero-order chi connectivity index (χ0) is 20.2. The first kappa shape index (κ1) is 21.4. The molecule has 1 unspecified atom stereocenters. The summed E-state index contributed by atoms with van der Waals surface area (Å²) >= 11 is 6.41. The van der Waals surface area contributed by atoms with Crippen molar-refractivity contribution in [3.8, 4) is 0 Å². The van der Waals surface area contributed by atoms with E-state index in [4.69, 9.17) is 16.3 Å². The summed E-state index contributed by atoms with van der Waals surface area (Å²) in [4.78, 5) is 0. The molecule has 1 heterocycles. The Balaban J connectivity index is 1.20. The Labute approximate surface area is 181 Å². The van der Waals surface area contributed by atoms with Crippen LogP contribution in [0.25, 0.3) is 0 Å². The van der Waals surface area contributed by atoms with E-state index in [2.05, 4.69) is 18.7 Å². The molecule has 2 saturated carbocycles. The van der Waals surface area contributed by atoms with Crippen molar-refractivity contribution in [1.29, 1.82) is 0 Å². The van der Waals surface area contributed by atoms with Crippen molar-refractivity contribution in [2.75, 3.05) is 6.61 Å². The molecule has 1 saturated heterocycles. The first-order valence-corrected chi connectivity index (χ1v) is 12.2. The third kappa shape index (κ3) is 5.44. The molecule has 3 aliphatic rings. The summed E-state index contributed by atoms with van der Waals surface area (Å²) in [6.07, 6.45) is 17.9. The van der Waals surface area contributed by atoms with Crippen LogP contribution in [0.3, 0.4) is 0 Å². The van der Waals surface area contributed by atoms with Crippen molar-refractivity contribution in [2.45, 2.75) is 89.1 Å². The lowest BCUT2D eigenvalue weighted by atomic mass is 9.74. The Morgan fingerprint density at radius 1 is 0.897 bits per heavy atom. The van der Waals surface area contributed by atoms with Gasteiger partial charge in [-0.05, 0) is 67.8 Å². The predicted octanol–water partition coefficient (Wildman–Crippen LogP) is 8.38. The molecule has 1 atom stereocenters. The average Bonchev–Trinajstić information content (AvgIpc) is 3.59. The lowest BCUT2D eigenvalue weighted by Crippen LogP contribution is -2.18. The normalized spacial score (nSPS) is 32.1. The summed E-state index contributed by atoms with van der Waals surface area (Å²) < 4.78 is 19.8. The van der Waals surface area contributed by atoms with Crippen molar-refractivity contribution in [1.82, 2.24) is 0 Å². The van der Waals surface area contributed by atoms with Crippen LogP contribution in [-0.2, 0) is 4.74 Å². The van der Waals surface area contributed by atoms with Crippen LogP contribution in [0.15, 0.2) is 24.8 Å². The smallest absolute Gasteiger partial charge is 0.147 e. The van der Waals surface area contributed by atoms with Gasteiger partial charge < -0.3 is 4.74 Å². The van der Waals surface area contributed by atoms with Gasteiger partial charge in [0.2, 0.25) is 0 Å². The van der Waals surface area contributed by atoms with Crippen LogP contribution in [0, 0.1) is 23.6 Å². The second-order valence-electron chi connectivity index (χ2n) is 9.74. The van der Waals surface area contributed by atoms with Gasteiger partial charge in [0.05, 0.1) is 11.6 Å². The highest BCUT2D eigenvalue weighted by Crippen LogP contribution is 2.44. The van der Waals surface area contributed by atoms with Gasteiger partial charge in [0, 0.05) is 5.56 Å². The Morgan fingerprint density at radius 3 is 1.97 bits per heavy atom. The van der Waals surface area contributed by atoms with E-state index in [-0.39, 0.29) is 11.9 Å². The number of halogens is 2. The van der Waals surface area contributed by atoms with Gasteiger partial charge in [0.15, 0.2) is 0 Å². The van der Waals surface area contributed by atoms with E-state index in [9.17, 15) is 4.39 Å².